The quantitative estimate of drug-likeness (QED) is 0.879. The van der Waals surface area contributed by atoms with E-state index in [4.69, 9.17) is 0 Å². The van der Waals surface area contributed by atoms with E-state index in [0.29, 0.717) is 6.04 Å². The van der Waals surface area contributed by atoms with Crippen molar-refractivity contribution in [3.8, 4) is 0 Å². The van der Waals surface area contributed by atoms with Gasteiger partial charge in [0, 0.05) is 23.1 Å². The summed E-state index contributed by atoms with van der Waals surface area (Å²) in [6.45, 7) is 6.34. The van der Waals surface area contributed by atoms with Gasteiger partial charge in [-0.3, -0.25) is 0 Å². The molecule has 2 unspecified atom stereocenters. The van der Waals surface area contributed by atoms with Gasteiger partial charge in [-0.25, -0.2) is 0 Å². The van der Waals surface area contributed by atoms with Crippen molar-refractivity contribution in [1.82, 2.24) is 5.32 Å². The van der Waals surface area contributed by atoms with Crippen LogP contribution >= 0.6 is 15.9 Å². The molecule has 0 aromatic heterocycles. The number of nitrogens with one attached hydrogen (secondary N) is 1. The molecule has 1 aromatic carbocycles. The number of aryl methyl sites for hydroxylation is 1. The number of hydrogen-bond donors (Lipinski definition) is 2. The highest BCUT2D eigenvalue weighted by molar-refractivity contribution is 9.10. The summed E-state index contributed by atoms with van der Waals surface area (Å²) in [5.41, 5.74) is 2.47. The number of hydrogen-bond acceptors (Lipinski definition) is 3. The molecule has 2 N–H and O–H groups in total. The first kappa shape index (κ1) is 13.8. The fraction of sp³-hybridized carbons (Fsp3) is 0.571. The van der Waals surface area contributed by atoms with Gasteiger partial charge in [-0.1, -0.05) is 6.07 Å². The van der Waals surface area contributed by atoms with Crippen LogP contribution in [0.3, 0.4) is 0 Å². The van der Waals surface area contributed by atoms with Crippen LogP contribution in [-0.4, -0.2) is 36.9 Å². The Morgan fingerprint density at radius 1 is 1.50 bits per heavy atom. The fourth-order valence-corrected chi connectivity index (χ4v) is 3.16. The van der Waals surface area contributed by atoms with Crippen molar-refractivity contribution in [3.63, 3.8) is 0 Å². The minimum Gasteiger partial charge on any atom is -0.395 e. The summed E-state index contributed by atoms with van der Waals surface area (Å²) in [7, 11) is 0. The minimum atomic E-state index is 0.156. The molecule has 1 heterocycles. The van der Waals surface area contributed by atoms with E-state index in [1.807, 2.05) is 0 Å². The first-order chi connectivity index (χ1) is 8.61. The molecule has 18 heavy (non-hydrogen) atoms. The zero-order valence-electron chi connectivity index (χ0n) is 11.0. The number of rotatable bonds is 2. The predicted molar refractivity (Wildman–Crippen MR) is 79.2 cm³/mol. The van der Waals surface area contributed by atoms with Gasteiger partial charge in [-0.2, -0.15) is 0 Å². The Morgan fingerprint density at radius 2 is 2.28 bits per heavy atom. The smallest absolute Gasteiger partial charge is 0.0601 e. The summed E-state index contributed by atoms with van der Waals surface area (Å²) in [6.07, 6.45) is 1.09. The first-order valence-corrected chi connectivity index (χ1v) is 7.28. The van der Waals surface area contributed by atoms with E-state index in [1.54, 1.807) is 0 Å². The highest BCUT2D eigenvalue weighted by Gasteiger charge is 2.23. The first-order valence-electron chi connectivity index (χ1n) is 6.49. The molecular weight excluding hydrogens is 292 g/mol. The number of aliphatic hydroxyl groups excluding tert-OH is 1. The second kappa shape index (κ2) is 6.04. The van der Waals surface area contributed by atoms with Gasteiger partial charge in [0.25, 0.3) is 0 Å². The molecule has 1 saturated heterocycles. The topological polar surface area (TPSA) is 35.5 Å². The molecular formula is C14H21BrN2O. The maximum atomic E-state index is 9.38. The summed E-state index contributed by atoms with van der Waals surface area (Å²) < 4.78 is 1.13. The molecule has 0 radical (unpaired) electrons. The Labute approximate surface area is 117 Å². The van der Waals surface area contributed by atoms with Crippen LogP contribution in [0.4, 0.5) is 5.69 Å². The zero-order chi connectivity index (χ0) is 13.1. The molecule has 1 aromatic rings. The normalized spacial score (nSPS) is 25.0. The van der Waals surface area contributed by atoms with Crippen LogP contribution in [-0.2, 0) is 0 Å². The summed E-state index contributed by atoms with van der Waals surface area (Å²) in [6, 6.07) is 7.08. The number of anilines is 1. The highest BCUT2D eigenvalue weighted by atomic mass is 79.9. The Kier molecular flexibility index (Phi) is 4.65. The third-order valence-electron chi connectivity index (χ3n) is 3.58. The van der Waals surface area contributed by atoms with Gasteiger partial charge in [0.1, 0.15) is 0 Å². The Morgan fingerprint density at radius 3 is 2.94 bits per heavy atom. The van der Waals surface area contributed by atoms with Crippen molar-refractivity contribution >= 4 is 21.6 Å². The van der Waals surface area contributed by atoms with Gasteiger partial charge in [-0.15, -0.1) is 0 Å². The van der Waals surface area contributed by atoms with Crippen molar-refractivity contribution in [2.45, 2.75) is 32.4 Å². The van der Waals surface area contributed by atoms with Crippen LogP contribution in [0.2, 0.25) is 0 Å². The maximum Gasteiger partial charge on any atom is 0.0601 e. The predicted octanol–water partition coefficient (Wildman–Crippen LogP) is 2.31. The summed E-state index contributed by atoms with van der Waals surface area (Å²) >= 11 is 3.65. The molecule has 0 spiro atoms. The molecule has 0 bridgehead atoms. The van der Waals surface area contributed by atoms with Crippen LogP contribution in [0.15, 0.2) is 22.7 Å². The van der Waals surface area contributed by atoms with Gasteiger partial charge in [-0.05, 0) is 60.4 Å². The van der Waals surface area contributed by atoms with Crippen LogP contribution in [0, 0.1) is 6.92 Å². The number of aliphatic hydroxyl groups is 1. The van der Waals surface area contributed by atoms with E-state index in [2.05, 4.69) is 58.2 Å². The van der Waals surface area contributed by atoms with E-state index < -0.39 is 0 Å². The van der Waals surface area contributed by atoms with Crippen LogP contribution in [0.1, 0.15) is 18.9 Å². The second-order valence-electron chi connectivity index (χ2n) is 5.08. The van der Waals surface area contributed by atoms with Gasteiger partial charge in [0.2, 0.25) is 0 Å². The third kappa shape index (κ3) is 3.05. The fourth-order valence-electron chi connectivity index (χ4n) is 2.44. The largest absolute Gasteiger partial charge is 0.395 e. The minimum absolute atomic E-state index is 0.156. The molecule has 0 aliphatic carbocycles. The number of halogens is 1. The van der Waals surface area contributed by atoms with Gasteiger partial charge >= 0.3 is 0 Å². The van der Waals surface area contributed by atoms with Crippen molar-refractivity contribution < 1.29 is 5.11 Å². The lowest BCUT2D eigenvalue weighted by molar-refractivity contribution is 0.248. The van der Waals surface area contributed by atoms with Crippen LogP contribution in [0.25, 0.3) is 0 Å². The summed E-state index contributed by atoms with van der Waals surface area (Å²) in [5, 5.41) is 12.8. The third-order valence-corrected chi connectivity index (χ3v) is 4.21. The summed E-state index contributed by atoms with van der Waals surface area (Å²) in [5.74, 6) is 0. The number of benzene rings is 1. The van der Waals surface area contributed by atoms with E-state index in [-0.39, 0.29) is 12.6 Å². The lowest BCUT2D eigenvalue weighted by Gasteiger charge is -2.32. The second-order valence-corrected chi connectivity index (χ2v) is 5.93. The van der Waals surface area contributed by atoms with E-state index in [9.17, 15) is 5.11 Å². The van der Waals surface area contributed by atoms with Crippen molar-refractivity contribution in [3.05, 3.63) is 28.2 Å². The van der Waals surface area contributed by atoms with Crippen LogP contribution in [0.5, 0.6) is 0 Å². The Hall–Kier alpha value is -0.580. The highest BCUT2D eigenvalue weighted by Crippen LogP contribution is 2.30. The molecule has 0 saturated carbocycles. The average molecular weight is 313 g/mol. The van der Waals surface area contributed by atoms with Crippen molar-refractivity contribution in [2.24, 2.45) is 0 Å². The van der Waals surface area contributed by atoms with Crippen molar-refractivity contribution in [2.75, 3.05) is 24.6 Å². The molecule has 100 valence electrons. The molecule has 0 amide bonds. The Balaban J connectivity index is 2.27. The lowest BCUT2D eigenvalue weighted by Crippen LogP contribution is -2.42. The zero-order valence-corrected chi connectivity index (χ0v) is 12.6. The SMILES string of the molecule is Cc1ccc(N2CC(CO)NCCC2C)c(Br)c1. The van der Waals surface area contributed by atoms with E-state index in [1.165, 1.54) is 11.3 Å². The average Bonchev–Trinajstić information content (AvgIpc) is 2.51. The molecule has 2 rings (SSSR count). The van der Waals surface area contributed by atoms with Gasteiger partial charge < -0.3 is 15.3 Å². The monoisotopic (exact) mass is 312 g/mol. The molecule has 4 heteroatoms. The lowest BCUT2D eigenvalue weighted by atomic mass is 10.1. The van der Waals surface area contributed by atoms with Gasteiger partial charge in [0.15, 0.2) is 0 Å². The van der Waals surface area contributed by atoms with Crippen molar-refractivity contribution in [1.29, 1.82) is 0 Å². The summed E-state index contributed by atoms with van der Waals surface area (Å²) in [4.78, 5) is 2.38. The maximum absolute atomic E-state index is 9.38. The molecule has 2 atom stereocenters. The Bertz CT molecular complexity index is 411. The van der Waals surface area contributed by atoms with E-state index in [0.717, 1.165) is 24.0 Å². The molecule has 3 nitrogen and oxygen atoms in total. The van der Waals surface area contributed by atoms with Gasteiger partial charge in [0.05, 0.1) is 12.3 Å². The molecule has 1 aliphatic heterocycles. The van der Waals surface area contributed by atoms with Crippen LogP contribution < -0.4 is 10.2 Å². The number of nitrogens with zero attached hydrogens (tertiary/aromatic N) is 1. The molecule has 1 aliphatic rings. The molecule has 1 fully saturated rings. The van der Waals surface area contributed by atoms with E-state index >= 15 is 0 Å². The standard InChI is InChI=1S/C14H21BrN2O/c1-10-3-4-14(13(15)7-10)17-8-12(9-18)16-6-5-11(17)2/h3-4,7,11-12,16,18H,5-6,8-9H2,1-2H3.